The van der Waals surface area contributed by atoms with E-state index in [1.165, 1.54) is 57.4 Å². The summed E-state index contributed by atoms with van der Waals surface area (Å²) in [6, 6.07) is 0. The maximum absolute atomic E-state index is 3.58. The third kappa shape index (κ3) is 5.58. The maximum Gasteiger partial charge on any atom is -0.00205 e. The molecule has 1 aliphatic carbocycles. The van der Waals surface area contributed by atoms with Gasteiger partial charge >= 0.3 is 0 Å². The number of hydrogen-bond acceptors (Lipinski definition) is 2. The molecular weight excluding hydrogens is 178 g/mol. The largest absolute Gasteiger partial charge is 0.316 e. The normalized spacial score (nSPS) is 19.2. The Morgan fingerprint density at radius 1 is 1.23 bits per heavy atom. The van der Waals surface area contributed by atoms with Crippen LogP contribution in [0.1, 0.15) is 38.5 Å². The highest BCUT2D eigenvalue weighted by molar-refractivity contribution is 7.98. The molecule has 1 rings (SSSR count). The summed E-state index contributed by atoms with van der Waals surface area (Å²) in [5.41, 5.74) is 0. The first-order valence-corrected chi connectivity index (χ1v) is 7.02. The van der Waals surface area contributed by atoms with Crippen LogP contribution in [0.15, 0.2) is 0 Å². The van der Waals surface area contributed by atoms with Crippen LogP contribution in [-0.2, 0) is 0 Å². The lowest BCUT2D eigenvalue weighted by molar-refractivity contribution is 0.343. The van der Waals surface area contributed by atoms with Crippen molar-refractivity contribution in [2.24, 2.45) is 5.92 Å². The monoisotopic (exact) mass is 201 g/mol. The highest BCUT2D eigenvalue weighted by atomic mass is 32.2. The van der Waals surface area contributed by atoms with Crippen LogP contribution in [0.25, 0.3) is 0 Å². The Balaban J connectivity index is 1.86. The van der Waals surface area contributed by atoms with Crippen molar-refractivity contribution >= 4 is 11.8 Å². The zero-order valence-electron chi connectivity index (χ0n) is 8.85. The van der Waals surface area contributed by atoms with E-state index in [2.05, 4.69) is 11.6 Å². The van der Waals surface area contributed by atoms with Gasteiger partial charge in [-0.1, -0.05) is 19.3 Å². The zero-order valence-corrected chi connectivity index (χ0v) is 9.67. The molecule has 0 saturated heterocycles. The third-order valence-electron chi connectivity index (χ3n) is 2.86. The van der Waals surface area contributed by atoms with E-state index in [4.69, 9.17) is 0 Å². The lowest BCUT2D eigenvalue weighted by Gasteiger charge is -2.21. The van der Waals surface area contributed by atoms with Crippen molar-refractivity contribution in [1.29, 1.82) is 0 Å². The van der Waals surface area contributed by atoms with Gasteiger partial charge in [-0.2, -0.15) is 11.8 Å². The SMILES string of the molecule is CSCCCNCC1CCCCC1. The van der Waals surface area contributed by atoms with E-state index in [1.54, 1.807) is 0 Å². The molecule has 0 aromatic heterocycles. The van der Waals surface area contributed by atoms with Crippen molar-refractivity contribution in [3.8, 4) is 0 Å². The third-order valence-corrected chi connectivity index (χ3v) is 3.56. The van der Waals surface area contributed by atoms with Gasteiger partial charge in [0.15, 0.2) is 0 Å². The highest BCUT2D eigenvalue weighted by Crippen LogP contribution is 2.22. The number of rotatable bonds is 6. The summed E-state index contributed by atoms with van der Waals surface area (Å²) in [6.07, 6.45) is 10.9. The Kier molecular flexibility index (Phi) is 6.73. The predicted octanol–water partition coefficient (Wildman–Crippen LogP) is 2.91. The average molecular weight is 201 g/mol. The van der Waals surface area contributed by atoms with Crippen LogP contribution < -0.4 is 5.32 Å². The zero-order chi connectivity index (χ0) is 9.36. The molecular formula is C11H23NS. The fourth-order valence-corrected chi connectivity index (χ4v) is 2.47. The van der Waals surface area contributed by atoms with Crippen LogP contribution in [0.2, 0.25) is 0 Å². The van der Waals surface area contributed by atoms with Gasteiger partial charge < -0.3 is 5.32 Å². The molecule has 2 heteroatoms. The standard InChI is InChI=1S/C11H23NS/c1-13-9-5-8-12-10-11-6-3-2-4-7-11/h11-12H,2-10H2,1H3. The van der Waals surface area contributed by atoms with Crippen LogP contribution in [0.5, 0.6) is 0 Å². The molecule has 0 atom stereocenters. The summed E-state index contributed by atoms with van der Waals surface area (Å²) in [5, 5.41) is 3.58. The smallest absolute Gasteiger partial charge is 0.00205 e. The van der Waals surface area contributed by atoms with Gasteiger partial charge in [0.25, 0.3) is 0 Å². The second kappa shape index (κ2) is 7.69. The summed E-state index contributed by atoms with van der Waals surface area (Å²) in [5.74, 6) is 2.29. The summed E-state index contributed by atoms with van der Waals surface area (Å²) >= 11 is 1.95. The van der Waals surface area contributed by atoms with E-state index in [-0.39, 0.29) is 0 Å². The topological polar surface area (TPSA) is 12.0 Å². The van der Waals surface area contributed by atoms with Gasteiger partial charge in [-0.15, -0.1) is 0 Å². The van der Waals surface area contributed by atoms with Crippen LogP contribution in [0.3, 0.4) is 0 Å². The summed E-state index contributed by atoms with van der Waals surface area (Å²) in [4.78, 5) is 0. The molecule has 13 heavy (non-hydrogen) atoms. The number of thioether (sulfide) groups is 1. The molecule has 0 bridgehead atoms. The lowest BCUT2D eigenvalue weighted by atomic mass is 9.89. The predicted molar refractivity (Wildman–Crippen MR) is 62.4 cm³/mol. The first-order chi connectivity index (χ1) is 6.43. The van der Waals surface area contributed by atoms with Gasteiger partial charge in [0.05, 0.1) is 0 Å². The second-order valence-electron chi connectivity index (χ2n) is 4.05. The molecule has 0 spiro atoms. The van der Waals surface area contributed by atoms with Crippen LogP contribution in [-0.4, -0.2) is 25.1 Å². The number of nitrogens with one attached hydrogen (secondary N) is 1. The molecule has 1 aliphatic rings. The van der Waals surface area contributed by atoms with Gasteiger partial charge in [-0.05, 0) is 50.3 Å². The molecule has 0 aromatic rings. The lowest BCUT2D eigenvalue weighted by Crippen LogP contribution is -2.25. The maximum atomic E-state index is 3.58. The second-order valence-corrected chi connectivity index (χ2v) is 5.04. The van der Waals surface area contributed by atoms with Crippen molar-refractivity contribution in [3.63, 3.8) is 0 Å². The van der Waals surface area contributed by atoms with E-state index in [9.17, 15) is 0 Å². The van der Waals surface area contributed by atoms with E-state index < -0.39 is 0 Å². The Bertz CT molecular complexity index is 111. The van der Waals surface area contributed by atoms with Gasteiger partial charge in [0.2, 0.25) is 0 Å². The van der Waals surface area contributed by atoms with E-state index >= 15 is 0 Å². The molecule has 0 radical (unpaired) electrons. The average Bonchev–Trinajstić information content (AvgIpc) is 2.19. The molecule has 0 unspecified atom stereocenters. The molecule has 1 saturated carbocycles. The van der Waals surface area contributed by atoms with Crippen LogP contribution in [0.4, 0.5) is 0 Å². The molecule has 78 valence electrons. The molecule has 0 aliphatic heterocycles. The molecule has 0 amide bonds. The minimum absolute atomic E-state index is 0.989. The van der Waals surface area contributed by atoms with Crippen molar-refractivity contribution in [2.45, 2.75) is 38.5 Å². The summed E-state index contributed by atoms with van der Waals surface area (Å²) < 4.78 is 0. The highest BCUT2D eigenvalue weighted by Gasteiger charge is 2.11. The fourth-order valence-electron chi connectivity index (χ4n) is 2.04. The quantitative estimate of drug-likeness (QED) is 0.663. The van der Waals surface area contributed by atoms with Crippen LogP contribution >= 0.6 is 11.8 Å². The Morgan fingerprint density at radius 2 is 2.00 bits per heavy atom. The Morgan fingerprint density at radius 3 is 2.69 bits per heavy atom. The summed E-state index contributed by atoms with van der Waals surface area (Å²) in [7, 11) is 0. The van der Waals surface area contributed by atoms with Gasteiger partial charge in [-0.3, -0.25) is 0 Å². The van der Waals surface area contributed by atoms with E-state index in [0.717, 1.165) is 5.92 Å². The Hall–Kier alpha value is 0.310. The van der Waals surface area contributed by atoms with E-state index in [1.807, 2.05) is 11.8 Å². The summed E-state index contributed by atoms with van der Waals surface area (Å²) in [6.45, 7) is 2.49. The van der Waals surface area contributed by atoms with Gasteiger partial charge in [0, 0.05) is 0 Å². The first-order valence-electron chi connectivity index (χ1n) is 5.63. The van der Waals surface area contributed by atoms with Gasteiger partial charge in [0.1, 0.15) is 0 Å². The molecule has 1 nitrogen and oxygen atoms in total. The molecule has 1 N–H and O–H groups in total. The molecule has 1 fully saturated rings. The van der Waals surface area contributed by atoms with E-state index in [0.29, 0.717) is 0 Å². The van der Waals surface area contributed by atoms with Crippen molar-refractivity contribution in [3.05, 3.63) is 0 Å². The van der Waals surface area contributed by atoms with Crippen LogP contribution in [0, 0.1) is 5.92 Å². The minimum Gasteiger partial charge on any atom is -0.316 e. The first kappa shape index (κ1) is 11.4. The van der Waals surface area contributed by atoms with Crippen molar-refractivity contribution in [2.75, 3.05) is 25.1 Å². The molecule has 0 heterocycles. The van der Waals surface area contributed by atoms with Crippen molar-refractivity contribution in [1.82, 2.24) is 5.32 Å². The van der Waals surface area contributed by atoms with Crippen molar-refractivity contribution < 1.29 is 0 Å². The minimum atomic E-state index is 0.989. The number of hydrogen-bond donors (Lipinski definition) is 1. The Labute approximate surface area is 87.1 Å². The fraction of sp³-hybridized carbons (Fsp3) is 1.00. The molecule has 0 aromatic carbocycles. The van der Waals surface area contributed by atoms with Gasteiger partial charge in [-0.25, -0.2) is 0 Å².